The second kappa shape index (κ2) is 6.40. The van der Waals surface area contributed by atoms with Gasteiger partial charge < -0.3 is 5.32 Å². The van der Waals surface area contributed by atoms with Gasteiger partial charge in [-0.15, -0.1) is 11.3 Å². The molecule has 0 amide bonds. The summed E-state index contributed by atoms with van der Waals surface area (Å²) in [5.74, 6) is 0. The molecule has 2 atom stereocenters. The number of hydrogen-bond acceptors (Lipinski definition) is 3. The van der Waals surface area contributed by atoms with Crippen LogP contribution in [-0.2, 0) is 17.3 Å². The minimum Gasteiger partial charge on any atom is -0.312 e. The van der Waals surface area contributed by atoms with Crippen LogP contribution in [0.1, 0.15) is 23.8 Å². The highest BCUT2D eigenvalue weighted by Gasteiger charge is 2.05. The molecular weight excluding hydrogens is 226 g/mol. The zero-order valence-corrected chi connectivity index (χ0v) is 11.2. The molecule has 0 fully saturated rings. The van der Waals surface area contributed by atoms with Gasteiger partial charge in [0.15, 0.2) is 0 Å². The van der Waals surface area contributed by atoms with Crippen LogP contribution >= 0.6 is 11.3 Å². The third-order valence-electron chi connectivity index (χ3n) is 2.55. The van der Waals surface area contributed by atoms with Crippen LogP contribution in [0, 0.1) is 6.92 Å². The highest BCUT2D eigenvalue weighted by Crippen LogP contribution is 2.14. The van der Waals surface area contributed by atoms with Crippen molar-refractivity contribution in [2.45, 2.75) is 32.1 Å². The summed E-state index contributed by atoms with van der Waals surface area (Å²) in [6.45, 7) is 6.05. The zero-order chi connectivity index (χ0) is 11.3. The van der Waals surface area contributed by atoms with Crippen molar-refractivity contribution in [3.8, 4) is 0 Å². The van der Waals surface area contributed by atoms with E-state index in [2.05, 4.69) is 23.7 Å². The monoisotopic (exact) mass is 245 g/mol. The van der Waals surface area contributed by atoms with Gasteiger partial charge in [-0.2, -0.15) is 0 Å². The Kier molecular flexibility index (Phi) is 5.50. The van der Waals surface area contributed by atoms with Gasteiger partial charge in [-0.05, 0) is 36.9 Å². The summed E-state index contributed by atoms with van der Waals surface area (Å²) in [5, 5.41) is 5.80. The number of thiophene rings is 1. The summed E-state index contributed by atoms with van der Waals surface area (Å²) in [7, 11) is -0.692. The predicted molar refractivity (Wildman–Crippen MR) is 68.9 cm³/mol. The van der Waals surface area contributed by atoms with E-state index >= 15 is 0 Å². The molecule has 0 aliphatic heterocycles. The molecule has 86 valence electrons. The molecule has 0 saturated carbocycles. The van der Waals surface area contributed by atoms with Crippen LogP contribution in [0.4, 0.5) is 0 Å². The average molecular weight is 245 g/mol. The Bertz CT molecular complexity index is 322. The van der Waals surface area contributed by atoms with Crippen molar-refractivity contribution in [1.29, 1.82) is 0 Å². The molecule has 4 heteroatoms. The number of rotatable bonds is 6. The molecule has 1 N–H and O–H groups in total. The Balaban J connectivity index is 2.17. The Morgan fingerprint density at radius 2 is 2.33 bits per heavy atom. The first kappa shape index (κ1) is 12.9. The number of hydrogen-bond donors (Lipinski definition) is 1. The van der Waals surface area contributed by atoms with Gasteiger partial charge >= 0.3 is 0 Å². The lowest BCUT2D eigenvalue weighted by atomic mass is 10.3. The smallest absolute Gasteiger partial charge is 0.0329 e. The highest BCUT2D eigenvalue weighted by molar-refractivity contribution is 7.84. The van der Waals surface area contributed by atoms with E-state index in [4.69, 9.17) is 0 Å². The van der Waals surface area contributed by atoms with Crippen LogP contribution in [0.2, 0.25) is 0 Å². The second-order valence-corrected chi connectivity index (χ2v) is 6.60. The van der Waals surface area contributed by atoms with E-state index in [0.29, 0.717) is 5.25 Å². The molecule has 1 aromatic heterocycles. The van der Waals surface area contributed by atoms with Crippen LogP contribution in [0.25, 0.3) is 0 Å². The fraction of sp³-hybridized carbons (Fsp3) is 0.636. The lowest BCUT2D eigenvalue weighted by Gasteiger charge is -2.08. The first-order valence-electron chi connectivity index (χ1n) is 5.17. The molecule has 0 saturated heterocycles. The molecule has 1 rings (SSSR count). The maximum atomic E-state index is 11.1. The Hall–Kier alpha value is -0.190. The normalized spacial score (nSPS) is 15.1. The fourth-order valence-corrected chi connectivity index (χ4v) is 2.58. The molecule has 0 aliphatic carbocycles. The molecule has 1 aromatic rings. The lowest BCUT2D eigenvalue weighted by molar-refractivity contribution is 0.631. The number of aryl methyl sites for hydroxylation is 1. The lowest BCUT2D eigenvalue weighted by Crippen LogP contribution is -2.20. The van der Waals surface area contributed by atoms with Crippen molar-refractivity contribution >= 4 is 22.1 Å². The highest BCUT2D eigenvalue weighted by atomic mass is 32.2. The second-order valence-electron chi connectivity index (χ2n) is 3.80. The van der Waals surface area contributed by atoms with E-state index in [-0.39, 0.29) is 0 Å². The maximum Gasteiger partial charge on any atom is 0.0329 e. The third kappa shape index (κ3) is 4.45. The van der Waals surface area contributed by atoms with Crippen LogP contribution in [-0.4, -0.2) is 22.3 Å². The van der Waals surface area contributed by atoms with Gasteiger partial charge in [0.05, 0.1) is 0 Å². The zero-order valence-electron chi connectivity index (χ0n) is 9.58. The largest absolute Gasteiger partial charge is 0.312 e. The summed E-state index contributed by atoms with van der Waals surface area (Å²) in [6, 6.07) is 2.14. The van der Waals surface area contributed by atoms with Gasteiger partial charge in [-0.3, -0.25) is 4.21 Å². The van der Waals surface area contributed by atoms with E-state index in [0.717, 1.165) is 19.5 Å². The maximum absolute atomic E-state index is 11.1. The van der Waals surface area contributed by atoms with Gasteiger partial charge in [0.25, 0.3) is 0 Å². The molecule has 0 bridgehead atoms. The molecule has 1 heterocycles. The first-order chi connectivity index (χ1) is 7.11. The molecule has 0 radical (unpaired) electrons. The Labute approximate surface area is 98.6 Å². The molecule has 2 nitrogen and oxygen atoms in total. The van der Waals surface area contributed by atoms with E-state index in [1.54, 1.807) is 17.6 Å². The topological polar surface area (TPSA) is 29.1 Å². The first-order valence-corrected chi connectivity index (χ1v) is 7.67. The summed E-state index contributed by atoms with van der Waals surface area (Å²) < 4.78 is 11.1. The summed E-state index contributed by atoms with van der Waals surface area (Å²) >= 11 is 1.79. The van der Waals surface area contributed by atoms with E-state index in [1.807, 2.05) is 6.92 Å². The molecule has 2 unspecified atom stereocenters. The van der Waals surface area contributed by atoms with Crippen LogP contribution < -0.4 is 5.32 Å². The minimum absolute atomic E-state index is 0.293. The van der Waals surface area contributed by atoms with Gasteiger partial charge in [-0.25, -0.2) is 0 Å². The standard InChI is InChI=1S/C11H19NOS2/c1-9-5-7-14-11(9)8-12-6-4-10(2)15(3)13/h5,7,10,12H,4,6,8H2,1-3H3. The fourth-order valence-electron chi connectivity index (χ4n) is 1.26. The molecule has 0 aromatic carbocycles. The third-order valence-corrected chi connectivity index (χ3v) is 4.94. The van der Waals surface area contributed by atoms with Crippen LogP contribution in [0.5, 0.6) is 0 Å². The van der Waals surface area contributed by atoms with E-state index < -0.39 is 10.8 Å². The quantitative estimate of drug-likeness (QED) is 0.779. The summed E-state index contributed by atoms with van der Waals surface area (Å²) in [4.78, 5) is 1.40. The predicted octanol–water partition coefficient (Wildman–Crippen LogP) is 2.30. The Morgan fingerprint density at radius 1 is 1.60 bits per heavy atom. The molecule has 0 aliphatic rings. The van der Waals surface area contributed by atoms with Crippen molar-refractivity contribution in [2.24, 2.45) is 0 Å². The molecular formula is C11H19NOS2. The molecule has 0 spiro atoms. The average Bonchev–Trinajstić information content (AvgIpc) is 2.58. The van der Waals surface area contributed by atoms with E-state index in [1.165, 1.54) is 10.4 Å². The van der Waals surface area contributed by atoms with Gasteiger partial charge in [0.2, 0.25) is 0 Å². The SMILES string of the molecule is Cc1ccsc1CNCCC(C)S(C)=O. The van der Waals surface area contributed by atoms with Gasteiger partial charge in [0, 0.05) is 33.7 Å². The van der Waals surface area contributed by atoms with Crippen molar-refractivity contribution < 1.29 is 4.21 Å². The minimum atomic E-state index is -0.692. The van der Waals surface area contributed by atoms with Crippen LogP contribution in [0.15, 0.2) is 11.4 Å². The van der Waals surface area contributed by atoms with Crippen molar-refractivity contribution in [2.75, 3.05) is 12.8 Å². The van der Waals surface area contributed by atoms with Crippen molar-refractivity contribution in [1.82, 2.24) is 5.32 Å². The van der Waals surface area contributed by atoms with Crippen molar-refractivity contribution in [3.63, 3.8) is 0 Å². The summed E-state index contributed by atoms with van der Waals surface area (Å²) in [6.07, 6.45) is 2.75. The van der Waals surface area contributed by atoms with Gasteiger partial charge in [-0.1, -0.05) is 6.92 Å². The summed E-state index contributed by atoms with van der Waals surface area (Å²) in [5.41, 5.74) is 1.36. The Morgan fingerprint density at radius 3 is 2.87 bits per heavy atom. The van der Waals surface area contributed by atoms with Gasteiger partial charge in [0.1, 0.15) is 0 Å². The molecule has 15 heavy (non-hydrogen) atoms. The van der Waals surface area contributed by atoms with Crippen molar-refractivity contribution in [3.05, 3.63) is 21.9 Å². The van der Waals surface area contributed by atoms with E-state index in [9.17, 15) is 4.21 Å². The van der Waals surface area contributed by atoms with Crippen LogP contribution in [0.3, 0.4) is 0 Å². The number of nitrogens with one attached hydrogen (secondary N) is 1.